The van der Waals surface area contributed by atoms with E-state index in [0.29, 0.717) is 47.7 Å². The molecule has 1 N–H and O–H groups in total. The first-order valence-corrected chi connectivity index (χ1v) is 13.9. The number of carbonyl (C=O) groups is 1. The second kappa shape index (κ2) is 10.6. The summed E-state index contributed by atoms with van der Waals surface area (Å²) < 4.78 is 41.2. The van der Waals surface area contributed by atoms with Crippen molar-refractivity contribution in [3.8, 4) is 17.0 Å². The van der Waals surface area contributed by atoms with E-state index in [4.69, 9.17) is 9.47 Å². The van der Waals surface area contributed by atoms with Gasteiger partial charge >= 0.3 is 0 Å². The third kappa shape index (κ3) is 4.92. The number of morpholine rings is 1. The molecule has 3 heterocycles. The molecule has 1 fully saturated rings. The molecule has 0 bridgehead atoms. The van der Waals surface area contributed by atoms with Gasteiger partial charge in [0.2, 0.25) is 0 Å². The van der Waals surface area contributed by atoms with Gasteiger partial charge in [-0.2, -0.15) is 5.10 Å². The first-order valence-electron chi connectivity index (χ1n) is 12.4. The standard InChI is InChI=1S/C27H31N5O5S/c1-19-7-9-20(10-8-19)38(34,35)32-18-22(21-5-4-6-25(36-3)26(21)32)24-17-23(29-30(24)2)27(33)28-11-12-31-13-15-37-16-14-31/h4-10,17-18H,11-16H2,1-3H3,(H,28,33). The Morgan fingerprint density at radius 3 is 2.58 bits per heavy atom. The van der Waals surface area contributed by atoms with Crippen LogP contribution in [0.5, 0.6) is 5.75 Å². The molecule has 0 atom stereocenters. The van der Waals surface area contributed by atoms with Crippen LogP contribution in [-0.2, 0) is 21.8 Å². The molecule has 2 aromatic carbocycles. The summed E-state index contributed by atoms with van der Waals surface area (Å²) >= 11 is 0. The molecule has 38 heavy (non-hydrogen) atoms. The average Bonchev–Trinajstić information content (AvgIpc) is 3.50. The van der Waals surface area contributed by atoms with E-state index in [9.17, 15) is 13.2 Å². The van der Waals surface area contributed by atoms with Crippen molar-refractivity contribution < 1.29 is 22.7 Å². The molecule has 0 radical (unpaired) electrons. The number of aromatic nitrogens is 3. The van der Waals surface area contributed by atoms with Crippen molar-refractivity contribution in [2.45, 2.75) is 11.8 Å². The first kappa shape index (κ1) is 26.0. The zero-order valence-corrected chi connectivity index (χ0v) is 22.5. The first-order chi connectivity index (χ1) is 18.3. The molecule has 1 saturated heterocycles. The van der Waals surface area contributed by atoms with Crippen LogP contribution in [0.1, 0.15) is 16.1 Å². The van der Waals surface area contributed by atoms with E-state index in [1.165, 1.54) is 11.1 Å². The Labute approximate surface area is 221 Å². The highest BCUT2D eigenvalue weighted by Gasteiger charge is 2.26. The number of benzene rings is 2. The highest BCUT2D eigenvalue weighted by molar-refractivity contribution is 7.90. The summed E-state index contributed by atoms with van der Waals surface area (Å²) in [5.74, 6) is 0.140. The van der Waals surface area contributed by atoms with Crippen LogP contribution < -0.4 is 10.1 Å². The van der Waals surface area contributed by atoms with Crippen LogP contribution in [0.4, 0.5) is 0 Å². The van der Waals surface area contributed by atoms with Crippen LogP contribution in [0.15, 0.2) is 59.6 Å². The maximum Gasteiger partial charge on any atom is 0.271 e. The fourth-order valence-electron chi connectivity index (χ4n) is 4.67. The highest BCUT2D eigenvalue weighted by atomic mass is 32.2. The number of rotatable bonds is 8. The SMILES string of the molecule is COc1cccc2c(-c3cc(C(=O)NCCN4CCOCC4)nn3C)cn(S(=O)(=O)c3ccc(C)cc3)c12. The smallest absolute Gasteiger partial charge is 0.271 e. The van der Waals surface area contributed by atoms with Crippen molar-refractivity contribution in [2.75, 3.05) is 46.5 Å². The number of aryl methyl sites for hydroxylation is 2. The van der Waals surface area contributed by atoms with E-state index >= 15 is 0 Å². The summed E-state index contributed by atoms with van der Waals surface area (Å²) in [6, 6.07) is 13.8. The van der Waals surface area contributed by atoms with E-state index in [-0.39, 0.29) is 16.5 Å². The predicted octanol–water partition coefficient (Wildman–Crippen LogP) is 2.66. The third-order valence-corrected chi connectivity index (χ3v) is 8.43. The molecule has 5 rings (SSSR count). The molecule has 0 unspecified atom stereocenters. The fourth-order valence-corrected chi connectivity index (χ4v) is 6.05. The van der Waals surface area contributed by atoms with Crippen LogP contribution >= 0.6 is 0 Å². The zero-order chi connectivity index (χ0) is 26.9. The van der Waals surface area contributed by atoms with E-state index in [0.717, 1.165) is 25.2 Å². The van der Waals surface area contributed by atoms with E-state index in [1.807, 2.05) is 19.1 Å². The van der Waals surface area contributed by atoms with Crippen LogP contribution in [0, 0.1) is 6.92 Å². The molecule has 0 spiro atoms. The van der Waals surface area contributed by atoms with Gasteiger partial charge in [0.25, 0.3) is 15.9 Å². The lowest BCUT2D eigenvalue weighted by molar-refractivity contribution is 0.0383. The summed E-state index contributed by atoms with van der Waals surface area (Å²) in [5.41, 5.74) is 2.87. The Bertz CT molecular complexity index is 1570. The molecule has 4 aromatic rings. The summed E-state index contributed by atoms with van der Waals surface area (Å²) in [7, 11) is -0.692. The molecular formula is C27H31N5O5S. The summed E-state index contributed by atoms with van der Waals surface area (Å²) in [4.78, 5) is 15.3. The molecule has 0 saturated carbocycles. The molecule has 200 valence electrons. The van der Waals surface area contributed by atoms with Crippen molar-refractivity contribution in [2.24, 2.45) is 7.05 Å². The van der Waals surface area contributed by atoms with Gasteiger partial charge in [0.1, 0.15) is 11.3 Å². The van der Waals surface area contributed by atoms with Gasteiger partial charge in [0.15, 0.2) is 5.69 Å². The van der Waals surface area contributed by atoms with Gasteiger partial charge in [0, 0.05) is 50.4 Å². The van der Waals surface area contributed by atoms with Gasteiger partial charge in [-0.25, -0.2) is 12.4 Å². The van der Waals surface area contributed by atoms with Crippen molar-refractivity contribution in [3.63, 3.8) is 0 Å². The van der Waals surface area contributed by atoms with Gasteiger partial charge < -0.3 is 14.8 Å². The fraction of sp³-hybridized carbons (Fsp3) is 0.333. The van der Waals surface area contributed by atoms with Crippen molar-refractivity contribution >= 4 is 26.8 Å². The van der Waals surface area contributed by atoms with Crippen molar-refractivity contribution in [3.05, 3.63) is 66.0 Å². The van der Waals surface area contributed by atoms with Gasteiger partial charge in [-0.3, -0.25) is 14.4 Å². The molecule has 1 aliphatic heterocycles. The van der Waals surface area contributed by atoms with Crippen molar-refractivity contribution in [1.82, 2.24) is 24.0 Å². The largest absolute Gasteiger partial charge is 0.495 e. The molecule has 0 aliphatic carbocycles. The number of ether oxygens (including phenoxy) is 2. The topological polar surface area (TPSA) is 108 Å². The Morgan fingerprint density at radius 2 is 1.87 bits per heavy atom. The van der Waals surface area contributed by atoms with E-state index in [2.05, 4.69) is 15.3 Å². The van der Waals surface area contributed by atoms with Gasteiger partial charge in [-0.1, -0.05) is 29.8 Å². The van der Waals surface area contributed by atoms with Gasteiger partial charge in [-0.05, 0) is 31.2 Å². The number of amides is 1. The van der Waals surface area contributed by atoms with Gasteiger partial charge in [-0.15, -0.1) is 0 Å². The Hall–Kier alpha value is -3.67. The predicted molar refractivity (Wildman–Crippen MR) is 144 cm³/mol. The third-order valence-electron chi connectivity index (χ3n) is 6.76. The average molecular weight is 538 g/mol. The quantitative estimate of drug-likeness (QED) is 0.368. The van der Waals surface area contributed by atoms with Crippen molar-refractivity contribution in [1.29, 1.82) is 0 Å². The minimum Gasteiger partial charge on any atom is -0.495 e. The van der Waals surface area contributed by atoms with Crippen LogP contribution in [0.3, 0.4) is 0 Å². The number of hydrogen-bond donors (Lipinski definition) is 1. The number of nitrogens with one attached hydrogen (secondary N) is 1. The molecule has 1 amide bonds. The number of methoxy groups -OCH3 is 1. The second-order valence-corrected chi connectivity index (χ2v) is 11.1. The number of carbonyl (C=O) groups excluding carboxylic acids is 1. The molecule has 2 aromatic heterocycles. The summed E-state index contributed by atoms with van der Waals surface area (Å²) in [6.45, 7) is 6.24. The maximum absolute atomic E-state index is 13.7. The Morgan fingerprint density at radius 1 is 1.13 bits per heavy atom. The zero-order valence-electron chi connectivity index (χ0n) is 21.7. The lowest BCUT2D eigenvalue weighted by Crippen LogP contribution is -2.41. The highest BCUT2D eigenvalue weighted by Crippen LogP contribution is 2.37. The van der Waals surface area contributed by atoms with Crippen LogP contribution in [0.2, 0.25) is 0 Å². The Kier molecular flexibility index (Phi) is 7.24. The van der Waals surface area contributed by atoms with E-state index < -0.39 is 10.0 Å². The monoisotopic (exact) mass is 537 g/mol. The number of fused-ring (bicyclic) bond motifs is 1. The van der Waals surface area contributed by atoms with Crippen LogP contribution in [0.25, 0.3) is 22.2 Å². The van der Waals surface area contributed by atoms with E-state index in [1.54, 1.807) is 54.3 Å². The summed E-state index contributed by atoms with van der Waals surface area (Å²) in [6.07, 6.45) is 1.57. The molecule has 10 nitrogen and oxygen atoms in total. The Balaban J connectivity index is 1.50. The lowest BCUT2D eigenvalue weighted by Gasteiger charge is -2.26. The molecular weight excluding hydrogens is 506 g/mol. The number of hydrogen-bond acceptors (Lipinski definition) is 7. The minimum absolute atomic E-state index is 0.169. The normalized spacial score (nSPS) is 14.6. The molecule has 11 heteroatoms. The summed E-state index contributed by atoms with van der Waals surface area (Å²) in [5, 5.41) is 8.02. The second-order valence-electron chi connectivity index (χ2n) is 9.26. The number of para-hydroxylation sites is 1. The molecule has 1 aliphatic rings. The number of nitrogens with zero attached hydrogens (tertiary/aromatic N) is 4. The lowest BCUT2D eigenvalue weighted by atomic mass is 10.1. The van der Waals surface area contributed by atoms with Gasteiger partial charge in [0.05, 0.1) is 30.9 Å². The minimum atomic E-state index is -3.93. The maximum atomic E-state index is 13.7. The van der Waals surface area contributed by atoms with Crippen LogP contribution in [-0.4, -0.2) is 79.5 Å².